The predicted molar refractivity (Wildman–Crippen MR) is 108 cm³/mol. The van der Waals surface area contributed by atoms with Crippen molar-refractivity contribution in [1.29, 1.82) is 5.41 Å². The van der Waals surface area contributed by atoms with Crippen molar-refractivity contribution in [2.24, 2.45) is 0 Å². The van der Waals surface area contributed by atoms with E-state index in [1.165, 1.54) is 51.6 Å². The van der Waals surface area contributed by atoms with Crippen LogP contribution in [-0.2, 0) is 11.8 Å². The molecule has 4 nitrogen and oxygen atoms in total. The van der Waals surface area contributed by atoms with Gasteiger partial charge in [-0.2, -0.15) is 0 Å². The maximum absolute atomic E-state index is 8.05. The molecule has 0 amide bonds. The lowest BCUT2D eigenvalue weighted by Gasteiger charge is -2.46. The van der Waals surface area contributed by atoms with Crippen molar-refractivity contribution < 1.29 is 0 Å². The van der Waals surface area contributed by atoms with Crippen LogP contribution in [0.5, 0.6) is 0 Å². The molecule has 0 aromatic heterocycles. The number of aryl methyl sites for hydroxylation is 1. The Labute approximate surface area is 158 Å². The predicted octanol–water partition coefficient (Wildman–Crippen LogP) is 3.66. The lowest BCUT2D eigenvalue weighted by atomic mass is 9.73. The zero-order valence-corrected chi connectivity index (χ0v) is 16.5. The van der Waals surface area contributed by atoms with Crippen LogP contribution >= 0.6 is 0 Å². The molecule has 0 unspecified atom stereocenters. The Balaban J connectivity index is 1.32. The third-order valence-electron chi connectivity index (χ3n) is 7.32. The number of nitrogens with zero attached hydrogens (tertiary/aromatic N) is 3. The molecule has 1 spiro atoms. The Bertz CT molecular complexity index is 639. The number of hydrazine groups is 1. The van der Waals surface area contributed by atoms with Gasteiger partial charge in [-0.15, -0.1) is 0 Å². The number of piperidine rings is 2. The Hall–Kier alpha value is -1.39. The first-order valence-electron chi connectivity index (χ1n) is 10.5. The molecule has 1 aromatic rings. The average Bonchev–Trinajstić information content (AvgIpc) is 3.06. The van der Waals surface area contributed by atoms with Crippen LogP contribution in [-0.4, -0.2) is 60.0 Å². The number of nitrogens with one attached hydrogen (secondary N) is 1. The summed E-state index contributed by atoms with van der Waals surface area (Å²) < 4.78 is 0. The zero-order valence-electron chi connectivity index (χ0n) is 16.5. The molecule has 1 aliphatic carbocycles. The Morgan fingerprint density at radius 3 is 2.50 bits per heavy atom. The first-order chi connectivity index (χ1) is 12.6. The number of likely N-dealkylation sites (tertiary alicyclic amines) is 1. The second kappa shape index (κ2) is 7.32. The fourth-order valence-electron chi connectivity index (χ4n) is 5.52. The van der Waals surface area contributed by atoms with Gasteiger partial charge in [0.1, 0.15) is 5.84 Å². The van der Waals surface area contributed by atoms with E-state index in [4.69, 9.17) is 5.41 Å². The standard InChI is InChI=1S/C22H34N4/c1-3-21(23)24(2)26-14-9-19(10-15-26)25-16-12-22(13-17-25)11-8-18-6-4-5-7-20(18)22/h4-7,19,23H,3,8-17H2,1-2H3. The van der Waals surface area contributed by atoms with Gasteiger partial charge in [-0.25, -0.2) is 5.01 Å². The molecule has 0 bridgehead atoms. The second-order valence-corrected chi connectivity index (χ2v) is 8.48. The van der Waals surface area contributed by atoms with Crippen molar-refractivity contribution in [1.82, 2.24) is 14.9 Å². The molecule has 2 fully saturated rings. The van der Waals surface area contributed by atoms with Crippen molar-refractivity contribution in [3.63, 3.8) is 0 Å². The largest absolute Gasteiger partial charge is 0.300 e. The van der Waals surface area contributed by atoms with Gasteiger partial charge in [-0.1, -0.05) is 31.2 Å². The molecule has 4 heteroatoms. The van der Waals surface area contributed by atoms with Crippen molar-refractivity contribution in [2.45, 2.75) is 63.3 Å². The number of benzene rings is 1. The summed E-state index contributed by atoms with van der Waals surface area (Å²) >= 11 is 0. The highest BCUT2D eigenvalue weighted by molar-refractivity contribution is 5.77. The molecule has 0 atom stereocenters. The molecule has 1 N–H and O–H groups in total. The second-order valence-electron chi connectivity index (χ2n) is 8.48. The van der Waals surface area contributed by atoms with Gasteiger partial charge in [-0.05, 0) is 68.2 Å². The number of rotatable bonds is 3. The summed E-state index contributed by atoms with van der Waals surface area (Å²) in [6.07, 6.45) is 8.62. The highest BCUT2D eigenvalue weighted by Gasteiger charge is 2.42. The summed E-state index contributed by atoms with van der Waals surface area (Å²) in [5, 5.41) is 12.5. The SMILES string of the molecule is CCC(=N)N(C)N1CCC(N2CCC3(CCc4ccccc43)CC2)CC1. The van der Waals surface area contributed by atoms with E-state index in [0.717, 1.165) is 31.4 Å². The first kappa shape index (κ1) is 18.0. The summed E-state index contributed by atoms with van der Waals surface area (Å²) in [5.74, 6) is 0.725. The van der Waals surface area contributed by atoms with E-state index >= 15 is 0 Å². The lowest BCUT2D eigenvalue weighted by Crippen LogP contribution is -2.53. The molecule has 3 aliphatic rings. The Kier molecular flexibility index (Phi) is 5.07. The maximum Gasteiger partial charge on any atom is 0.110 e. The average molecular weight is 355 g/mol. The van der Waals surface area contributed by atoms with Gasteiger partial charge in [0.15, 0.2) is 0 Å². The van der Waals surface area contributed by atoms with E-state index < -0.39 is 0 Å². The fraction of sp³-hybridized carbons (Fsp3) is 0.682. The smallest absolute Gasteiger partial charge is 0.110 e. The van der Waals surface area contributed by atoms with E-state index in [9.17, 15) is 0 Å². The molecule has 2 aliphatic heterocycles. The molecular weight excluding hydrogens is 320 g/mol. The number of amidine groups is 1. The monoisotopic (exact) mass is 354 g/mol. The van der Waals surface area contributed by atoms with Gasteiger partial charge >= 0.3 is 0 Å². The molecule has 142 valence electrons. The number of hydrogen-bond acceptors (Lipinski definition) is 3. The van der Waals surface area contributed by atoms with Crippen molar-refractivity contribution in [3.8, 4) is 0 Å². The quantitative estimate of drug-likeness (QED) is 0.664. The van der Waals surface area contributed by atoms with Gasteiger partial charge in [-0.3, -0.25) is 10.4 Å². The van der Waals surface area contributed by atoms with Crippen molar-refractivity contribution >= 4 is 5.84 Å². The van der Waals surface area contributed by atoms with Crippen molar-refractivity contribution in [3.05, 3.63) is 35.4 Å². The van der Waals surface area contributed by atoms with Gasteiger partial charge in [0.05, 0.1) is 0 Å². The molecule has 4 rings (SSSR count). The van der Waals surface area contributed by atoms with Gasteiger partial charge < -0.3 is 4.90 Å². The molecular formula is C22H34N4. The van der Waals surface area contributed by atoms with E-state index in [1.807, 2.05) is 7.05 Å². The third kappa shape index (κ3) is 3.18. The Morgan fingerprint density at radius 1 is 1.12 bits per heavy atom. The third-order valence-corrected chi connectivity index (χ3v) is 7.32. The minimum atomic E-state index is 0.476. The zero-order chi connectivity index (χ0) is 18.1. The normalized spacial score (nSPS) is 23.9. The maximum atomic E-state index is 8.05. The summed E-state index contributed by atoms with van der Waals surface area (Å²) in [4.78, 5) is 2.77. The van der Waals surface area contributed by atoms with Crippen LogP contribution in [0.25, 0.3) is 0 Å². The molecule has 0 saturated carbocycles. The van der Waals surface area contributed by atoms with E-state index in [0.29, 0.717) is 5.41 Å². The van der Waals surface area contributed by atoms with Gasteiger partial charge in [0.2, 0.25) is 0 Å². The molecule has 1 aromatic carbocycles. The van der Waals surface area contributed by atoms with Crippen LogP contribution < -0.4 is 0 Å². The first-order valence-corrected chi connectivity index (χ1v) is 10.5. The summed E-state index contributed by atoms with van der Waals surface area (Å²) in [5.41, 5.74) is 3.74. The highest BCUT2D eigenvalue weighted by atomic mass is 15.6. The minimum absolute atomic E-state index is 0.476. The van der Waals surface area contributed by atoms with Gasteiger partial charge in [0, 0.05) is 32.6 Å². The van der Waals surface area contributed by atoms with Crippen LogP contribution in [0.2, 0.25) is 0 Å². The van der Waals surface area contributed by atoms with E-state index in [1.54, 1.807) is 11.1 Å². The van der Waals surface area contributed by atoms with Crippen LogP contribution in [0.15, 0.2) is 24.3 Å². The highest BCUT2D eigenvalue weighted by Crippen LogP contribution is 2.46. The summed E-state index contributed by atoms with van der Waals surface area (Å²) in [6, 6.07) is 9.92. The number of fused-ring (bicyclic) bond motifs is 2. The molecule has 26 heavy (non-hydrogen) atoms. The molecule has 0 radical (unpaired) electrons. The molecule has 2 saturated heterocycles. The minimum Gasteiger partial charge on any atom is -0.300 e. The summed E-state index contributed by atoms with van der Waals surface area (Å²) in [6.45, 7) is 6.78. The van der Waals surface area contributed by atoms with Crippen LogP contribution in [0, 0.1) is 5.41 Å². The number of hydrogen-bond donors (Lipinski definition) is 1. The topological polar surface area (TPSA) is 33.6 Å². The van der Waals surface area contributed by atoms with Crippen LogP contribution in [0.4, 0.5) is 0 Å². The van der Waals surface area contributed by atoms with E-state index in [-0.39, 0.29) is 0 Å². The lowest BCUT2D eigenvalue weighted by molar-refractivity contribution is 0.00101. The molecule has 2 heterocycles. The summed E-state index contributed by atoms with van der Waals surface area (Å²) in [7, 11) is 2.05. The Morgan fingerprint density at radius 2 is 1.81 bits per heavy atom. The fourth-order valence-corrected chi connectivity index (χ4v) is 5.52. The van der Waals surface area contributed by atoms with Gasteiger partial charge in [0.25, 0.3) is 0 Å². The van der Waals surface area contributed by atoms with Crippen molar-refractivity contribution in [2.75, 3.05) is 33.2 Å². The van der Waals surface area contributed by atoms with E-state index in [2.05, 4.69) is 46.1 Å². The van der Waals surface area contributed by atoms with Crippen LogP contribution in [0.1, 0.15) is 56.6 Å². The van der Waals surface area contributed by atoms with Crippen LogP contribution in [0.3, 0.4) is 0 Å².